The number of rotatable bonds is 5. The maximum atomic E-state index is 2.45. The van der Waals surface area contributed by atoms with E-state index in [9.17, 15) is 0 Å². The van der Waals surface area contributed by atoms with Gasteiger partial charge in [0, 0.05) is 0 Å². The minimum absolute atomic E-state index is 0.823. The lowest BCUT2D eigenvalue weighted by atomic mass is 10.1. The summed E-state index contributed by atoms with van der Waals surface area (Å²) < 4.78 is 0. The molecule has 0 bridgehead atoms. The minimum Gasteiger partial charge on any atom is -0.0651 e. The summed E-state index contributed by atoms with van der Waals surface area (Å²) in [6.45, 7) is 14.7. The van der Waals surface area contributed by atoms with E-state index in [0.29, 0.717) is 0 Å². The van der Waals surface area contributed by atoms with Crippen LogP contribution in [0.5, 0.6) is 0 Å². The fourth-order valence-electron chi connectivity index (χ4n) is 4.31. The van der Waals surface area contributed by atoms with Crippen LogP contribution in [-0.4, -0.2) is 8.07 Å². The van der Waals surface area contributed by atoms with Gasteiger partial charge in [-0.05, 0) is 22.4 Å². The third-order valence-electron chi connectivity index (χ3n) is 5.55. The average Bonchev–Trinajstić information content (AvgIpc) is 2.43. The fraction of sp³-hybridized carbons (Fsp3) is 0.500. The number of hydrogen-bond acceptors (Lipinski definition) is 0. The Morgan fingerprint density at radius 3 is 1.76 bits per heavy atom. The molecule has 2 rings (SSSR count). The van der Waals surface area contributed by atoms with Crippen LogP contribution in [0.25, 0.3) is 10.8 Å². The van der Waals surface area contributed by atoms with Crippen LogP contribution in [0.4, 0.5) is 0 Å². The first-order valence-corrected chi connectivity index (χ1v) is 10.8. The first-order chi connectivity index (χ1) is 9.87. The Kier molecular flexibility index (Phi) is 4.93. The lowest BCUT2D eigenvalue weighted by Gasteiger charge is -2.43. The van der Waals surface area contributed by atoms with E-state index in [1.54, 1.807) is 0 Å². The zero-order chi connectivity index (χ0) is 15.6. The second kappa shape index (κ2) is 6.35. The fourth-order valence-corrected chi connectivity index (χ4v) is 10.5. The molecule has 2 aromatic rings. The van der Waals surface area contributed by atoms with Crippen molar-refractivity contribution in [2.75, 3.05) is 0 Å². The average molecular weight is 299 g/mol. The van der Waals surface area contributed by atoms with Gasteiger partial charge in [0.15, 0.2) is 0 Å². The van der Waals surface area contributed by atoms with E-state index in [1.807, 2.05) is 0 Å². The Balaban J connectivity index is 2.43. The normalized spacial score (nSPS) is 12.8. The van der Waals surface area contributed by atoms with Crippen molar-refractivity contribution in [3.63, 3.8) is 0 Å². The largest absolute Gasteiger partial charge is 0.0656 e. The highest BCUT2D eigenvalue weighted by molar-refractivity contribution is 6.83. The van der Waals surface area contributed by atoms with Crippen LogP contribution in [0.15, 0.2) is 42.5 Å². The third kappa shape index (κ3) is 3.08. The molecule has 114 valence electrons. The maximum absolute atomic E-state index is 2.45. The third-order valence-corrected chi connectivity index (χ3v) is 13.0. The molecule has 21 heavy (non-hydrogen) atoms. The molecule has 0 saturated carbocycles. The predicted molar refractivity (Wildman–Crippen MR) is 98.7 cm³/mol. The summed E-state index contributed by atoms with van der Waals surface area (Å²) >= 11 is 0. The summed E-state index contributed by atoms with van der Waals surface area (Å²) in [4.78, 5) is 0. The van der Waals surface area contributed by atoms with Gasteiger partial charge in [0.05, 0.1) is 8.07 Å². The summed E-state index contributed by atoms with van der Waals surface area (Å²) in [5.74, 6) is 0. The van der Waals surface area contributed by atoms with E-state index >= 15 is 0 Å². The first kappa shape index (κ1) is 16.3. The second-order valence-electron chi connectivity index (χ2n) is 7.43. The summed E-state index contributed by atoms with van der Waals surface area (Å²) in [6.07, 6.45) is 0. The molecule has 0 amide bonds. The zero-order valence-electron chi connectivity index (χ0n) is 14.5. The molecule has 0 aromatic heterocycles. The van der Waals surface area contributed by atoms with Crippen LogP contribution >= 0.6 is 0 Å². The van der Waals surface area contributed by atoms with E-state index < -0.39 is 8.07 Å². The Bertz CT molecular complexity index is 574. The van der Waals surface area contributed by atoms with Crippen LogP contribution in [0.3, 0.4) is 0 Å². The van der Waals surface area contributed by atoms with Crippen LogP contribution in [-0.2, 0) is 6.04 Å². The van der Waals surface area contributed by atoms with Crippen LogP contribution in [0, 0.1) is 0 Å². The second-order valence-corrected chi connectivity index (χ2v) is 13.5. The number of benzene rings is 2. The summed E-state index contributed by atoms with van der Waals surface area (Å²) in [5.41, 5.74) is 4.01. The topological polar surface area (TPSA) is 0 Å². The van der Waals surface area contributed by atoms with Gasteiger partial charge < -0.3 is 0 Å². The van der Waals surface area contributed by atoms with Crippen LogP contribution in [0.1, 0.15) is 47.1 Å². The zero-order valence-corrected chi connectivity index (χ0v) is 15.5. The van der Waals surface area contributed by atoms with Crippen molar-refractivity contribution < 1.29 is 0 Å². The standard InChI is InChI=1S/C20H30Si/c1-15(2)21(16(3)4,17(5)6)14-18-11-12-19-9-7-8-10-20(19)13-18/h7-13,15-17H,14H2,1-6H3. The maximum Gasteiger partial charge on any atom is 0.0656 e. The van der Waals surface area contributed by atoms with Gasteiger partial charge in [-0.15, -0.1) is 0 Å². The van der Waals surface area contributed by atoms with Gasteiger partial charge in [0.2, 0.25) is 0 Å². The molecule has 2 aromatic carbocycles. The number of hydrogen-bond donors (Lipinski definition) is 0. The molecule has 0 aliphatic heterocycles. The molecule has 0 radical (unpaired) electrons. The number of fused-ring (bicyclic) bond motifs is 1. The minimum atomic E-state index is -1.36. The Morgan fingerprint density at radius 2 is 1.24 bits per heavy atom. The van der Waals surface area contributed by atoms with Crippen molar-refractivity contribution >= 4 is 18.8 Å². The van der Waals surface area contributed by atoms with Gasteiger partial charge in [-0.2, -0.15) is 0 Å². The van der Waals surface area contributed by atoms with Gasteiger partial charge >= 0.3 is 0 Å². The van der Waals surface area contributed by atoms with E-state index in [4.69, 9.17) is 0 Å². The van der Waals surface area contributed by atoms with Crippen LogP contribution < -0.4 is 0 Å². The molecule has 0 N–H and O–H groups in total. The molecule has 0 heterocycles. The van der Waals surface area contributed by atoms with E-state index in [2.05, 4.69) is 84.0 Å². The van der Waals surface area contributed by atoms with E-state index in [0.717, 1.165) is 16.6 Å². The Morgan fingerprint density at radius 1 is 0.714 bits per heavy atom. The Labute approximate surface area is 131 Å². The highest BCUT2D eigenvalue weighted by Crippen LogP contribution is 2.43. The SMILES string of the molecule is CC(C)[Si](Cc1ccc2ccccc2c1)(C(C)C)C(C)C. The van der Waals surface area contributed by atoms with Crippen molar-refractivity contribution in [2.24, 2.45) is 0 Å². The van der Waals surface area contributed by atoms with Gasteiger partial charge in [0.1, 0.15) is 0 Å². The first-order valence-electron chi connectivity index (χ1n) is 8.35. The van der Waals surface area contributed by atoms with Gasteiger partial charge in [-0.3, -0.25) is 0 Å². The lowest BCUT2D eigenvalue weighted by molar-refractivity contribution is 0.798. The smallest absolute Gasteiger partial charge is 0.0651 e. The molecular formula is C20H30Si. The van der Waals surface area contributed by atoms with Crippen molar-refractivity contribution in [1.82, 2.24) is 0 Å². The molecule has 0 spiro atoms. The van der Waals surface area contributed by atoms with Crippen molar-refractivity contribution in [3.8, 4) is 0 Å². The van der Waals surface area contributed by atoms with Gasteiger partial charge in [-0.25, -0.2) is 0 Å². The monoisotopic (exact) mass is 298 g/mol. The van der Waals surface area contributed by atoms with Crippen molar-refractivity contribution in [3.05, 3.63) is 48.0 Å². The van der Waals surface area contributed by atoms with E-state index in [1.165, 1.54) is 22.4 Å². The van der Waals surface area contributed by atoms with Gasteiger partial charge in [0.25, 0.3) is 0 Å². The molecule has 0 aliphatic rings. The van der Waals surface area contributed by atoms with Crippen molar-refractivity contribution in [2.45, 2.75) is 64.2 Å². The highest BCUT2D eigenvalue weighted by Gasteiger charge is 2.42. The molecule has 0 fully saturated rings. The molecule has 1 heteroatoms. The Hall–Kier alpha value is -1.08. The summed E-state index contributed by atoms with van der Waals surface area (Å²) in [7, 11) is -1.36. The van der Waals surface area contributed by atoms with Crippen molar-refractivity contribution in [1.29, 1.82) is 0 Å². The molecule has 0 atom stereocenters. The summed E-state index contributed by atoms with van der Waals surface area (Å²) in [5, 5.41) is 2.74. The molecule has 0 saturated heterocycles. The summed E-state index contributed by atoms with van der Waals surface area (Å²) in [6, 6.07) is 17.1. The molecular weight excluding hydrogens is 268 g/mol. The molecule has 0 unspecified atom stereocenters. The van der Waals surface area contributed by atoms with Gasteiger partial charge in [-0.1, -0.05) is 101 Å². The van der Waals surface area contributed by atoms with Crippen LogP contribution in [0.2, 0.25) is 16.6 Å². The molecule has 0 nitrogen and oxygen atoms in total. The predicted octanol–water partition coefficient (Wildman–Crippen LogP) is 6.60. The molecule has 0 aliphatic carbocycles. The lowest BCUT2D eigenvalue weighted by Crippen LogP contribution is -2.47. The highest BCUT2D eigenvalue weighted by atomic mass is 28.3. The quantitative estimate of drug-likeness (QED) is 0.545. The van der Waals surface area contributed by atoms with E-state index in [-0.39, 0.29) is 0 Å².